The van der Waals surface area contributed by atoms with E-state index in [-0.39, 0.29) is 5.60 Å². The van der Waals surface area contributed by atoms with Crippen LogP contribution in [0.1, 0.15) is 57.9 Å². The van der Waals surface area contributed by atoms with Gasteiger partial charge in [0, 0.05) is 5.41 Å². The Morgan fingerprint density at radius 1 is 1.00 bits per heavy atom. The van der Waals surface area contributed by atoms with Gasteiger partial charge < -0.3 is 4.74 Å². The second kappa shape index (κ2) is 4.88. The Kier molecular flexibility index (Phi) is 3.18. The van der Waals surface area contributed by atoms with Crippen molar-refractivity contribution < 1.29 is 4.74 Å². The average Bonchev–Trinajstić information content (AvgIpc) is 2.46. The predicted octanol–water partition coefficient (Wildman–Crippen LogP) is 5.70. The van der Waals surface area contributed by atoms with Crippen molar-refractivity contribution in [2.75, 3.05) is 0 Å². The highest BCUT2D eigenvalue weighted by Gasteiger charge is 2.58. The molecule has 0 spiro atoms. The van der Waals surface area contributed by atoms with Gasteiger partial charge in [-0.25, -0.2) is 0 Å². The molecule has 0 amide bonds. The average molecular weight is 296 g/mol. The highest BCUT2D eigenvalue weighted by molar-refractivity contribution is 5.48. The van der Waals surface area contributed by atoms with E-state index >= 15 is 0 Å². The summed E-state index contributed by atoms with van der Waals surface area (Å²) in [6, 6.07) is 8.38. The molecular weight excluding hydrogens is 268 g/mol. The molecule has 4 saturated carbocycles. The van der Waals surface area contributed by atoms with Crippen LogP contribution in [-0.4, -0.2) is 5.60 Å². The smallest absolute Gasteiger partial charge is 0.120 e. The largest absolute Gasteiger partial charge is 0.487 e. The summed E-state index contributed by atoms with van der Waals surface area (Å²) in [7, 11) is 0. The second-order valence-corrected chi connectivity index (χ2v) is 8.58. The van der Waals surface area contributed by atoms with E-state index < -0.39 is 0 Å². The Balaban J connectivity index is 1.58. The lowest BCUT2D eigenvalue weighted by Crippen LogP contribution is -2.58. The third-order valence-corrected chi connectivity index (χ3v) is 6.80. The Hall–Kier alpha value is -1.24. The summed E-state index contributed by atoms with van der Waals surface area (Å²) < 4.78 is 6.55. The molecule has 4 aliphatic rings. The lowest BCUT2D eigenvalue weighted by Gasteiger charge is -2.61. The Bertz CT molecular complexity index is 531. The number of ether oxygens (including phenoxy) is 1. The zero-order valence-electron chi connectivity index (χ0n) is 14.0. The number of rotatable bonds is 4. The molecular formula is C21H28O. The van der Waals surface area contributed by atoms with Crippen LogP contribution in [0.15, 0.2) is 30.8 Å². The lowest BCUT2D eigenvalue weighted by atomic mass is 9.46. The van der Waals surface area contributed by atoms with E-state index in [0.29, 0.717) is 5.41 Å². The van der Waals surface area contributed by atoms with Gasteiger partial charge in [0.25, 0.3) is 0 Å². The van der Waals surface area contributed by atoms with Crippen molar-refractivity contribution in [3.63, 3.8) is 0 Å². The molecule has 4 bridgehead atoms. The maximum atomic E-state index is 6.55. The molecule has 0 unspecified atom stereocenters. The standard InChI is InChI=1S/C21H28O/c1-4-15-5-7-19(8-6-15)22-20(2,3)21-12-16-9-17(13-21)11-18(10-16)14-21/h4-8,16-18H,1,9-14H2,2-3H3. The zero-order chi connectivity index (χ0) is 15.4. The topological polar surface area (TPSA) is 9.23 Å². The summed E-state index contributed by atoms with van der Waals surface area (Å²) >= 11 is 0. The SMILES string of the molecule is C=Cc1ccc(OC(C)(C)C23CC4CC(CC(C4)C2)C3)cc1. The minimum Gasteiger partial charge on any atom is -0.487 e. The molecule has 4 fully saturated rings. The molecule has 4 aliphatic carbocycles. The maximum absolute atomic E-state index is 6.55. The quantitative estimate of drug-likeness (QED) is 0.692. The monoisotopic (exact) mass is 296 g/mol. The number of benzene rings is 1. The van der Waals surface area contributed by atoms with E-state index in [4.69, 9.17) is 4.74 Å². The Morgan fingerprint density at radius 3 is 1.95 bits per heavy atom. The van der Waals surface area contributed by atoms with E-state index in [1.54, 1.807) is 0 Å². The van der Waals surface area contributed by atoms with Gasteiger partial charge in [0.15, 0.2) is 0 Å². The first-order chi connectivity index (χ1) is 10.5. The van der Waals surface area contributed by atoms with Crippen LogP contribution in [0.5, 0.6) is 5.75 Å². The highest BCUT2D eigenvalue weighted by Crippen LogP contribution is 2.64. The first kappa shape index (κ1) is 14.4. The van der Waals surface area contributed by atoms with Crippen LogP contribution in [-0.2, 0) is 0 Å². The van der Waals surface area contributed by atoms with Crippen LogP contribution in [0.4, 0.5) is 0 Å². The van der Waals surface area contributed by atoms with E-state index in [1.807, 2.05) is 6.08 Å². The summed E-state index contributed by atoms with van der Waals surface area (Å²) in [6.45, 7) is 8.49. The van der Waals surface area contributed by atoms with Crippen LogP contribution in [0.2, 0.25) is 0 Å². The van der Waals surface area contributed by atoms with Crippen LogP contribution < -0.4 is 4.74 Å². The molecule has 0 atom stereocenters. The minimum absolute atomic E-state index is 0.0707. The summed E-state index contributed by atoms with van der Waals surface area (Å²) in [4.78, 5) is 0. The molecule has 22 heavy (non-hydrogen) atoms. The minimum atomic E-state index is -0.0707. The summed E-state index contributed by atoms with van der Waals surface area (Å²) in [5.74, 6) is 3.91. The lowest BCUT2D eigenvalue weighted by molar-refractivity contribution is -0.150. The maximum Gasteiger partial charge on any atom is 0.120 e. The Labute approximate surface area is 134 Å². The number of hydrogen-bond acceptors (Lipinski definition) is 1. The van der Waals surface area contributed by atoms with Gasteiger partial charge in [-0.1, -0.05) is 24.8 Å². The van der Waals surface area contributed by atoms with E-state index in [2.05, 4.69) is 44.7 Å². The molecule has 0 radical (unpaired) electrons. The van der Waals surface area contributed by atoms with Gasteiger partial charge in [-0.05, 0) is 87.8 Å². The van der Waals surface area contributed by atoms with Crippen LogP contribution >= 0.6 is 0 Å². The molecule has 0 heterocycles. The Morgan fingerprint density at radius 2 is 1.50 bits per heavy atom. The van der Waals surface area contributed by atoms with Gasteiger partial charge in [0.1, 0.15) is 11.4 Å². The molecule has 118 valence electrons. The highest BCUT2D eigenvalue weighted by atomic mass is 16.5. The van der Waals surface area contributed by atoms with Gasteiger partial charge >= 0.3 is 0 Å². The molecule has 0 saturated heterocycles. The fourth-order valence-corrected chi connectivity index (χ4v) is 5.92. The van der Waals surface area contributed by atoms with E-state index in [0.717, 1.165) is 29.1 Å². The van der Waals surface area contributed by atoms with Crippen molar-refractivity contribution >= 4 is 6.08 Å². The summed E-state index contributed by atoms with van der Waals surface area (Å²) in [5.41, 5.74) is 1.48. The predicted molar refractivity (Wildman–Crippen MR) is 91.8 cm³/mol. The zero-order valence-corrected chi connectivity index (χ0v) is 14.0. The van der Waals surface area contributed by atoms with Crippen LogP contribution in [0, 0.1) is 23.2 Å². The molecule has 0 N–H and O–H groups in total. The van der Waals surface area contributed by atoms with Crippen LogP contribution in [0.25, 0.3) is 6.08 Å². The third kappa shape index (κ3) is 2.21. The van der Waals surface area contributed by atoms with Crippen molar-refractivity contribution in [2.24, 2.45) is 23.2 Å². The second-order valence-electron chi connectivity index (χ2n) is 8.58. The van der Waals surface area contributed by atoms with Crippen molar-refractivity contribution in [2.45, 2.75) is 58.0 Å². The van der Waals surface area contributed by atoms with Crippen molar-refractivity contribution in [1.29, 1.82) is 0 Å². The van der Waals surface area contributed by atoms with Gasteiger partial charge in [0.05, 0.1) is 0 Å². The van der Waals surface area contributed by atoms with Crippen molar-refractivity contribution in [1.82, 2.24) is 0 Å². The van der Waals surface area contributed by atoms with Gasteiger partial charge in [-0.2, -0.15) is 0 Å². The molecule has 1 nitrogen and oxygen atoms in total. The first-order valence-electron chi connectivity index (χ1n) is 8.91. The fraction of sp³-hybridized carbons (Fsp3) is 0.619. The molecule has 1 aromatic rings. The molecule has 1 aromatic carbocycles. The molecule has 5 rings (SSSR count). The van der Waals surface area contributed by atoms with Crippen molar-refractivity contribution in [3.05, 3.63) is 36.4 Å². The summed E-state index contributed by atoms with van der Waals surface area (Å²) in [6.07, 6.45) is 10.5. The fourth-order valence-electron chi connectivity index (χ4n) is 5.92. The molecule has 0 aromatic heterocycles. The van der Waals surface area contributed by atoms with E-state index in [9.17, 15) is 0 Å². The van der Waals surface area contributed by atoms with Gasteiger partial charge in [0.2, 0.25) is 0 Å². The summed E-state index contributed by atoms with van der Waals surface area (Å²) in [5, 5.41) is 0. The van der Waals surface area contributed by atoms with Crippen LogP contribution in [0.3, 0.4) is 0 Å². The molecule has 1 heteroatoms. The van der Waals surface area contributed by atoms with Gasteiger partial charge in [-0.15, -0.1) is 0 Å². The third-order valence-electron chi connectivity index (χ3n) is 6.80. The first-order valence-corrected chi connectivity index (χ1v) is 8.91. The van der Waals surface area contributed by atoms with Gasteiger partial charge in [-0.3, -0.25) is 0 Å². The number of hydrogen-bond donors (Lipinski definition) is 0. The normalized spacial score (nSPS) is 36.4. The van der Waals surface area contributed by atoms with Crippen molar-refractivity contribution in [3.8, 4) is 5.75 Å². The van der Waals surface area contributed by atoms with E-state index in [1.165, 1.54) is 38.5 Å². The molecule has 0 aliphatic heterocycles.